The van der Waals surface area contributed by atoms with Crippen LogP contribution in [-0.2, 0) is 11.3 Å². The second kappa shape index (κ2) is 8.10. The maximum atomic E-state index is 12.8. The molecule has 3 aromatic carbocycles. The van der Waals surface area contributed by atoms with Crippen molar-refractivity contribution in [2.24, 2.45) is 0 Å². The first-order valence-corrected chi connectivity index (χ1v) is 9.58. The maximum absolute atomic E-state index is 12.8. The number of likely N-dealkylation sites (N-methyl/N-ethyl adjacent to an activating group) is 1. The van der Waals surface area contributed by atoms with Crippen LogP contribution in [0, 0.1) is 0 Å². The van der Waals surface area contributed by atoms with E-state index in [0.717, 1.165) is 22.0 Å². The summed E-state index contributed by atoms with van der Waals surface area (Å²) in [7, 11) is 0. The summed E-state index contributed by atoms with van der Waals surface area (Å²) in [5.74, 6) is -0.177. The molecule has 0 N–H and O–H groups in total. The number of hydrogen-bond donors (Lipinski definition) is 0. The van der Waals surface area contributed by atoms with Crippen molar-refractivity contribution < 1.29 is 4.79 Å². The molecule has 5 nitrogen and oxygen atoms in total. The number of amides is 1. The van der Waals surface area contributed by atoms with Gasteiger partial charge in [0.1, 0.15) is 6.54 Å². The summed E-state index contributed by atoms with van der Waals surface area (Å²) in [4.78, 5) is 26.8. The van der Waals surface area contributed by atoms with Gasteiger partial charge in [-0.05, 0) is 42.0 Å². The molecule has 4 aromatic rings. The summed E-state index contributed by atoms with van der Waals surface area (Å²) in [6, 6.07) is 26.7. The van der Waals surface area contributed by atoms with Crippen molar-refractivity contribution in [2.45, 2.75) is 13.5 Å². The number of nitrogens with zero attached hydrogens (tertiary/aromatic N) is 3. The lowest BCUT2D eigenvalue weighted by Gasteiger charge is -2.21. The number of aromatic nitrogens is 2. The lowest BCUT2D eigenvalue weighted by Crippen LogP contribution is -2.37. The van der Waals surface area contributed by atoms with Gasteiger partial charge in [0.25, 0.3) is 5.56 Å². The van der Waals surface area contributed by atoms with Crippen molar-refractivity contribution >= 4 is 22.4 Å². The van der Waals surface area contributed by atoms with Gasteiger partial charge in [0, 0.05) is 23.9 Å². The van der Waals surface area contributed by atoms with Crippen LogP contribution >= 0.6 is 0 Å². The molecule has 1 amide bonds. The Morgan fingerprint density at radius 2 is 1.62 bits per heavy atom. The van der Waals surface area contributed by atoms with E-state index in [-0.39, 0.29) is 18.0 Å². The van der Waals surface area contributed by atoms with Crippen LogP contribution in [0.2, 0.25) is 0 Å². The zero-order chi connectivity index (χ0) is 20.2. The fraction of sp³-hybridized carbons (Fsp3) is 0.125. The molecule has 29 heavy (non-hydrogen) atoms. The average Bonchev–Trinajstić information content (AvgIpc) is 2.76. The Bertz CT molecular complexity index is 1220. The number of carbonyl (C=O) groups is 1. The number of hydrogen-bond acceptors (Lipinski definition) is 3. The van der Waals surface area contributed by atoms with E-state index in [1.165, 1.54) is 10.7 Å². The van der Waals surface area contributed by atoms with E-state index in [1.807, 2.05) is 73.7 Å². The van der Waals surface area contributed by atoms with Crippen molar-refractivity contribution in [3.63, 3.8) is 0 Å². The van der Waals surface area contributed by atoms with Crippen LogP contribution in [0.25, 0.3) is 22.0 Å². The van der Waals surface area contributed by atoms with Crippen molar-refractivity contribution in [3.8, 4) is 11.3 Å². The fourth-order valence-electron chi connectivity index (χ4n) is 3.39. The molecule has 0 aliphatic rings. The van der Waals surface area contributed by atoms with E-state index in [2.05, 4.69) is 11.2 Å². The summed E-state index contributed by atoms with van der Waals surface area (Å²) < 4.78 is 1.23. The van der Waals surface area contributed by atoms with Crippen LogP contribution in [0.4, 0.5) is 5.69 Å². The fourth-order valence-corrected chi connectivity index (χ4v) is 3.39. The molecule has 4 rings (SSSR count). The zero-order valence-corrected chi connectivity index (χ0v) is 16.2. The first-order chi connectivity index (χ1) is 14.2. The molecule has 0 saturated carbocycles. The average molecular weight is 383 g/mol. The van der Waals surface area contributed by atoms with Gasteiger partial charge in [0.15, 0.2) is 0 Å². The van der Waals surface area contributed by atoms with Gasteiger partial charge in [-0.15, -0.1) is 0 Å². The Kier molecular flexibility index (Phi) is 5.20. The van der Waals surface area contributed by atoms with Crippen LogP contribution in [0.15, 0.2) is 89.7 Å². The number of fused-ring (bicyclic) bond motifs is 1. The largest absolute Gasteiger partial charge is 0.311 e. The van der Waals surface area contributed by atoms with Crippen molar-refractivity contribution in [1.82, 2.24) is 9.78 Å². The molecular formula is C24H21N3O2. The van der Waals surface area contributed by atoms with Gasteiger partial charge >= 0.3 is 0 Å². The molecule has 0 spiro atoms. The minimum absolute atomic E-state index is 0.108. The van der Waals surface area contributed by atoms with Crippen molar-refractivity contribution in [1.29, 1.82) is 0 Å². The van der Waals surface area contributed by atoms with Crippen LogP contribution < -0.4 is 10.5 Å². The van der Waals surface area contributed by atoms with Crippen LogP contribution in [-0.4, -0.2) is 22.2 Å². The SMILES string of the molecule is CCN(C(=O)Cn1nc(-c2ccc3ccccc3c2)ccc1=O)c1ccccc1. The van der Waals surface area contributed by atoms with Crippen LogP contribution in [0.3, 0.4) is 0 Å². The summed E-state index contributed by atoms with van der Waals surface area (Å²) in [5, 5.41) is 6.70. The molecule has 0 saturated heterocycles. The number of para-hydroxylation sites is 1. The molecule has 0 fully saturated rings. The van der Waals surface area contributed by atoms with Gasteiger partial charge in [0.2, 0.25) is 5.91 Å². The Labute approximate surface area is 168 Å². The quantitative estimate of drug-likeness (QED) is 0.521. The lowest BCUT2D eigenvalue weighted by molar-refractivity contribution is -0.119. The van der Waals surface area contributed by atoms with Gasteiger partial charge < -0.3 is 4.90 Å². The highest BCUT2D eigenvalue weighted by atomic mass is 16.2. The van der Waals surface area contributed by atoms with Gasteiger partial charge in [0.05, 0.1) is 5.69 Å². The van der Waals surface area contributed by atoms with Gasteiger partial charge in [-0.25, -0.2) is 4.68 Å². The van der Waals surface area contributed by atoms with E-state index in [4.69, 9.17) is 0 Å². The monoisotopic (exact) mass is 383 g/mol. The normalized spacial score (nSPS) is 10.8. The maximum Gasteiger partial charge on any atom is 0.267 e. The Hall–Kier alpha value is -3.73. The van der Waals surface area contributed by atoms with Crippen molar-refractivity contribution in [2.75, 3.05) is 11.4 Å². The van der Waals surface area contributed by atoms with Gasteiger partial charge in [-0.2, -0.15) is 5.10 Å². The standard InChI is InChI=1S/C24H21N3O2/c1-2-26(21-10-4-3-5-11-21)24(29)17-27-23(28)15-14-22(25-27)20-13-12-18-8-6-7-9-19(18)16-20/h3-16H,2,17H2,1H3. The Morgan fingerprint density at radius 1 is 0.897 bits per heavy atom. The Balaban J connectivity index is 1.64. The summed E-state index contributed by atoms with van der Waals surface area (Å²) in [6.07, 6.45) is 0. The highest BCUT2D eigenvalue weighted by molar-refractivity contribution is 5.93. The number of anilines is 1. The predicted molar refractivity (Wildman–Crippen MR) is 116 cm³/mol. The van der Waals surface area contributed by atoms with Crippen LogP contribution in [0.5, 0.6) is 0 Å². The molecule has 0 unspecified atom stereocenters. The molecule has 0 bridgehead atoms. The topological polar surface area (TPSA) is 55.2 Å². The highest BCUT2D eigenvalue weighted by Gasteiger charge is 2.16. The molecule has 0 atom stereocenters. The molecule has 0 aliphatic heterocycles. The zero-order valence-electron chi connectivity index (χ0n) is 16.2. The molecular weight excluding hydrogens is 362 g/mol. The molecule has 1 heterocycles. The molecule has 144 valence electrons. The van der Waals surface area contributed by atoms with E-state index in [0.29, 0.717) is 12.2 Å². The van der Waals surface area contributed by atoms with Crippen molar-refractivity contribution in [3.05, 3.63) is 95.3 Å². The second-order valence-electron chi connectivity index (χ2n) is 6.75. The third kappa shape index (κ3) is 3.94. The molecule has 5 heteroatoms. The summed E-state index contributed by atoms with van der Waals surface area (Å²) in [5.41, 5.74) is 2.07. The minimum atomic E-state index is -0.299. The number of benzene rings is 3. The smallest absolute Gasteiger partial charge is 0.267 e. The lowest BCUT2D eigenvalue weighted by atomic mass is 10.1. The van der Waals surface area contributed by atoms with E-state index in [1.54, 1.807) is 11.0 Å². The van der Waals surface area contributed by atoms with Crippen LogP contribution in [0.1, 0.15) is 6.92 Å². The van der Waals surface area contributed by atoms with E-state index < -0.39 is 0 Å². The number of rotatable bonds is 5. The number of carbonyl (C=O) groups excluding carboxylic acids is 1. The van der Waals surface area contributed by atoms with E-state index in [9.17, 15) is 9.59 Å². The third-order valence-corrected chi connectivity index (χ3v) is 4.88. The first kappa shape index (κ1) is 18.6. The van der Waals surface area contributed by atoms with Gasteiger partial charge in [-0.3, -0.25) is 9.59 Å². The second-order valence-corrected chi connectivity index (χ2v) is 6.75. The summed E-state index contributed by atoms with van der Waals surface area (Å²) >= 11 is 0. The van der Waals surface area contributed by atoms with E-state index >= 15 is 0 Å². The molecule has 1 aromatic heterocycles. The Morgan fingerprint density at radius 3 is 2.38 bits per heavy atom. The molecule has 0 radical (unpaired) electrons. The highest BCUT2D eigenvalue weighted by Crippen LogP contribution is 2.22. The van der Waals surface area contributed by atoms with Gasteiger partial charge in [-0.1, -0.05) is 54.6 Å². The summed E-state index contributed by atoms with van der Waals surface area (Å²) in [6.45, 7) is 2.32. The third-order valence-electron chi connectivity index (χ3n) is 4.88. The molecule has 0 aliphatic carbocycles. The first-order valence-electron chi connectivity index (χ1n) is 9.58. The predicted octanol–water partition coefficient (Wildman–Crippen LogP) is 4.12. The minimum Gasteiger partial charge on any atom is -0.311 e.